The Hall–Kier alpha value is -0.550. The number of hydrogen-bond donors (Lipinski definition) is 1. The summed E-state index contributed by atoms with van der Waals surface area (Å²) < 4.78 is 2.03. The zero-order chi connectivity index (χ0) is 11.7. The first-order chi connectivity index (χ1) is 8.38. The van der Waals surface area contributed by atoms with E-state index in [1.165, 1.54) is 18.6 Å². The first-order valence-electron chi connectivity index (χ1n) is 6.51. The number of aliphatic hydroxyl groups excluding tert-OH is 1. The SMILES string of the molecule is OCC1CCCn2nc(C3CCCSC3)nc21. The number of fused-ring (bicyclic) bond motifs is 1. The van der Waals surface area contributed by atoms with E-state index in [-0.39, 0.29) is 12.5 Å². The maximum absolute atomic E-state index is 9.37. The van der Waals surface area contributed by atoms with E-state index in [4.69, 9.17) is 4.98 Å². The molecule has 2 aliphatic rings. The zero-order valence-electron chi connectivity index (χ0n) is 10.0. The van der Waals surface area contributed by atoms with Crippen molar-refractivity contribution in [2.24, 2.45) is 0 Å². The van der Waals surface area contributed by atoms with Gasteiger partial charge in [-0.05, 0) is 31.4 Å². The quantitative estimate of drug-likeness (QED) is 0.872. The number of aryl methyl sites for hydroxylation is 1. The monoisotopic (exact) mass is 253 g/mol. The normalized spacial score (nSPS) is 29.0. The number of nitrogens with zero attached hydrogens (tertiary/aromatic N) is 3. The fraction of sp³-hybridized carbons (Fsp3) is 0.833. The van der Waals surface area contributed by atoms with Crippen LogP contribution in [0.2, 0.25) is 0 Å². The smallest absolute Gasteiger partial charge is 0.154 e. The average Bonchev–Trinajstić information content (AvgIpc) is 2.83. The number of aliphatic hydroxyl groups is 1. The van der Waals surface area contributed by atoms with Crippen molar-refractivity contribution >= 4 is 11.8 Å². The maximum Gasteiger partial charge on any atom is 0.154 e. The van der Waals surface area contributed by atoms with Crippen LogP contribution in [-0.2, 0) is 6.54 Å². The molecule has 2 atom stereocenters. The molecule has 0 saturated carbocycles. The van der Waals surface area contributed by atoms with Gasteiger partial charge in [-0.2, -0.15) is 16.9 Å². The first kappa shape index (κ1) is 11.5. The Labute approximate surface area is 106 Å². The summed E-state index contributed by atoms with van der Waals surface area (Å²) in [6.07, 6.45) is 4.66. The molecule has 5 heteroatoms. The lowest BCUT2D eigenvalue weighted by atomic mass is 10.0. The summed E-state index contributed by atoms with van der Waals surface area (Å²) in [6, 6.07) is 0. The third-order valence-electron chi connectivity index (χ3n) is 3.75. The third kappa shape index (κ3) is 2.22. The van der Waals surface area contributed by atoms with Crippen molar-refractivity contribution < 1.29 is 5.11 Å². The topological polar surface area (TPSA) is 50.9 Å². The Morgan fingerprint density at radius 3 is 3.06 bits per heavy atom. The molecule has 1 fully saturated rings. The Morgan fingerprint density at radius 1 is 1.35 bits per heavy atom. The van der Waals surface area contributed by atoms with Gasteiger partial charge in [0.05, 0.1) is 6.61 Å². The first-order valence-corrected chi connectivity index (χ1v) is 7.67. The fourth-order valence-corrected chi connectivity index (χ4v) is 3.88. The van der Waals surface area contributed by atoms with Crippen LogP contribution in [0, 0.1) is 0 Å². The van der Waals surface area contributed by atoms with Crippen molar-refractivity contribution in [3.05, 3.63) is 11.6 Å². The molecule has 17 heavy (non-hydrogen) atoms. The highest BCUT2D eigenvalue weighted by Gasteiger charge is 2.27. The summed E-state index contributed by atoms with van der Waals surface area (Å²) in [6.45, 7) is 1.18. The van der Waals surface area contributed by atoms with E-state index in [2.05, 4.69) is 5.10 Å². The van der Waals surface area contributed by atoms with Crippen LogP contribution in [-0.4, -0.2) is 38.0 Å². The van der Waals surface area contributed by atoms with E-state index < -0.39 is 0 Å². The molecule has 1 aromatic rings. The molecule has 1 saturated heterocycles. The third-order valence-corrected chi connectivity index (χ3v) is 4.97. The summed E-state index contributed by atoms with van der Waals surface area (Å²) in [4.78, 5) is 4.71. The van der Waals surface area contributed by atoms with Crippen LogP contribution in [0.25, 0.3) is 0 Å². The van der Waals surface area contributed by atoms with E-state index >= 15 is 0 Å². The lowest BCUT2D eigenvalue weighted by molar-refractivity contribution is 0.234. The second-order valence-electron chi connectivity index (χ2n) is 4.99. The highest BCUT2D eigenvalue weighted by molar-refractivity contribution is 7.99. The van der Waals surface area contributed by atoms with E-state index in [1.807, 2.05) is 16.4 Å². The van der Waals surface area contributed by atoms with Gasteiger partial charge in [-0.15, -0.1) is 0 Å². The minimum Gasteiger partial charge on any atom is -0.396 e. The van der Waals surface area contributed by atoms with Gasteiger partial charge < -0.3 is 5.11 Å². The van der Waals surface area contributed by atoms with E-state index in [0.717, 1.165) is 36.8 Å². The Kier molecular flexibility index (Phi) is 3.38. The predicted octanol–water partition coefficient (Wildman–Crippen LogP) is 1.76. The van der Waals surface area contributed by atoms with Crippen LogP contribution in [0.15, 0.2) is 0 Å². The van der Waals surface area contributed by atoms with Crippen LogP contribution in [0.1, 0.15) is 49.2 Å². The largest absolute Gasteiger partial charge is 0.396 e. The second-order valence-corrected chi connectivity index (χ2v) is 6.14. The molecule has 0 aromatic carbocycles. The van der Waals surface area contributed by atoms with Gasteiger partial charge in [0.2, 0.25) is 0 Å². The van der Waals surface area contributed by atoms with Crippen molar-refractivity contribution in [1.82, 2.24) is 14.8 Å². The summed E-state index contributed by atoms with van der Waals surface area (Å²) in [5.74, 6) is 5.22. The Balaban J connectivity index is 1.84. The lowest BCUT2D eigenvalue weighted by Crippen LogP contribution is -2.19. The highest BCUT2D eigenvalue weighted by atomic mass is 32.2. The number of hydrogen-bond acceptors (Lipinski definition) is 4. The lowest BCUT2D eigenvalue weighted by Gasteiger charge is -2.19. The molecule has 94 valence electrons. The molecule has 0 bridgehead atoms. The maximum atomic E-state index is 9.37. The van der Waals surface area contributed by atoms with Gasteiger partial charge in [0, 0.05) is 24.1 Å². The molecule has 1 aromatic heterocycles. The van der Waals surface area contributed by atoms with Crippen LogP contribution >= 0.6 is 11.8 Å². The van der Waals surface area contributed by atoms with Gasteiger partial charge in [0.1, 0.15) is 5.82 Å². The van der Waals surface area contributed by atoms with Gasteiger partial charge in [0.25, 0.3) is 0 Å². The summed E-state index contributed by atoms with van der Waals surface area (Å²) >= 11 is 2.01. The van der Waals surface area contributed by atoms with Crippen LogP contribution in [0.3, 0.4) is 0 Å². The van der Waals surface area contributed by atoms with Crippen molar-refractivity contribution in [1.29, 1.82) is 0 Å². The molecule has 0 amide bonds. The molecular weight excluding hydrogens is 234 g/mol. The number of thioether (sulfide) groups is 1. The summed E-state index contributed by atoms with van der Waals surface area (Å²) in [5.41, 5.74) is 0. The predicted molar refractivity (Wildman–Crippen MR) is 68.4 cm³/mol. The second kappa shape index (κ2) is 4.98. The summed E-state index contributed by atoms with van der Waals surface area (Å²) in [5, 5.41) is 14.0. The molecule has 1 N–H and O–H groups in total. The van der Waals surface area contributed by atoms with Crippen molar-refractivity contribution in [2.75, 3.05) is 18.1 Å². The van der Waals surface area contributed by atoms with Gasteiger partial charge in [-0.1, -0.05) is 0 Å². The average molecular weight is 253 g/mol. The molecule has 3 rings (SSSR count). The zero-order valence-corrected chi connectivity index (χ0v) is 10.8. The molecule has 3 heterocycles. The summed E-state index contributed by atoms with van der Waals surface area (Å²) in [7, 11) is 0. The Morgan fingerprint density at radius 2 is 2.29 bits per heavy atom. The fourth-order valence-electron chi connectivity index (χ4n) is 2.75. The molecule has 0 radical (unpaired) electrons. The van der Waals surface area contributed by atoms with Crippen molar-refractivity contribution in [3.63, 3.8) is 0 Å². The van der Waals surface area contributed by atoms with Crippen LogP contribution < -0.4 is 0 Å². The minimum atomic E-state index is 0.206. The van der Waals surface area contributed by atoms with Gasteiger partial charge in [0.15, 0.2) is 5.82 Å². The Bertz CT molecular complexity index is 387. The number of rotatable bonds is 2. The molecule has 0 spiro atoms. The molecule has 2 aliphatic heterocycles. The van der Waals surface area contributed by atoms with E-state index in [9.17, 15) is 5.11 Å². The van der Waals surface area contributed by atoms with Crippen molar-refractivity contribution in [3.8, 4) is 0 Å². The van der Waals surface area contributed by atoms with Crippen LogP contribution in [0.4, 0.5) is 0 Å². The highest BCUT2D eigenvalue weighted by Crippen LogP contribution is 2.32. The van der Waals surface area contributed by atoms with Crippen molar-refractivity contribution in [2.45, 2.75) is 44.1 Å². The number of aromatic nitrogens is 3. The van der Waals surface area contributed by atoms with Gasteiger partial charge in [-0.25, -0.2) is 9.67 Å². The van der Waals surface area contributed by atoms with E-state index in [0.29, 0.717) is 5.92 Å². The molecular formula is C12H19N3OS. The van der Waals surface area contributed by atoms with Gasteiger partial charge in [-0.3, -0.25) is 0 Å². The molecule has 0 aliphatic carbocycles. The molecule has 4 nitrogen and oxygen atoms in total. The molecule has 2 unspecified atom stereocenters. The van der Waals surface area contributed by atoms with Gasteiger partial charge >= 0.3 is 0 Å². The minimum absolute atomic E-state index is 0.206. The van der Waals surface area contributed by atoms with E-state index in [1.54, 1.807) is 0 Å². The van der Waals surface area contributed by atoms with Crippen LogP contribution in [0.5, 0.6) is 0 Å². The standard InChI is InChI=1S/C12H19N3OS/c16-7-9-3-1-5-15-12(9)13-11(14-15)10-4-2-6-17-8-10/h9-10,16H,1-8H2.